The fourth-order valence-electron chi connectivity index (χ4n) is 3.60. The Labute approximate surface area is 199 Å². The van der Waals surface area contributed by atoms with Crippen LogP contribution in [0.15, 0.2) is 42.5 Å². The number of ether oxygens (including phenoxy) is 2. The van der Waals surface area contributed by atoms with Gasteiger partial charge in [-0.3, -0.25) is 14.6 Å². The zero-order valence-electron chi connectivity index (χ0n) is 18.6. The third kappa shape index (κ3) is 6.42. The fraction of sp³-hybridized carbons (Fsp3) is 0.417. The average molecular weight is 476 g/mol. The highest BCUT2D eigenvalue weighted by molar-refractivity contribution is 7.22. The molecule has 1 aliphatic heterocycles. The minimum absolute atomic E-state index is 0. The summed E-state index contributed by atoms with van der Waals surface area (Å²) in [6.45, 7) is 9.11. The summed E-state index contributed by atoms with van der Waals surface area (Å²) >= 11 is 1.56. The molecule has 3 aromatic rings. The van der Waals surface area contributed by atoms with Gasteiger partial charge in [-0.1, -0.05) is 35.1 Å². The van der Waals surface area contributed by atoms with Crippen molar-refractivity contribution in [2.24, 2.45) is 0 Å². The molecule has 1 aliphatic rings. The summed E-state index contributed by atoms with van der Waals surface area (Å²) in [4.78, 5) is 22.1. The van der Waals surface area contributed by atoms with E-state index in [4.69, 9.17) is 14.5 Å². The summed E-state index contributed by atoms with van der Waals surface area (Å²) in [5.41, 5.74) is 3.28. The Morgan fingerprint density at radius 1 is 1.12 bits per heavy atom. The van der Waals surface area contributed by atoms with Crippen molar-refractivity contribution >= 4 is 45.0 Å². The number of hydrogen-bond acceptors (Lipinski definition) is 6. The average Bonchev–Trinajstić information content (AvgIpc) is 3.19. The molecule has 172 valence electrons. The number of morpholine rings is 1. The number of aryl methyl sites for hydroxylation is 2. The summed E-state index contributed by atoms with van der Waals surface area (Å²) in [7, 11) is 0. The van der Waals surface area contributed by atoms with Crippen LogP contribution in [0, 0.1) is 13.8 Å². The number of halogens is 1. The van der Waals surface area contributed by atoms with Gasteiger partial charge < -0.3 is 9.47 Å². The molecule has 0 unspecified atom stereocenters. The molecule has 1 amide bonds. The van der Waals surface area contributed by atoms with Crippen LogP contribution >= 0.6 is 23.7 Å². The van der Waals surface area contributed by atoms with Crippen molar-refractivity contribution in [2.75, 3.05) is 50.9 Å². The molecular weight excluding hydrogens is 446 g/mol. The fourth-order valence-corrected chi connectivity index (χ4v) is 4.70. The van der Waals surface area contributed by atoms with E-state index in [1.807, 2.05) is 37.3 Å². The van der Waals surface area contributed by atoms with E-state index in [-0.39, 0.29) is 24.9 Å². The smallest absolute Gasteiger partial charge is 0.266 e. The van der Waals surface area contributed by atoms with E-state index in [0.29, 0.717) is 12.3 Å². The van der Waals surface area contributed by atoms with Crippen LogP contribution in [0.4, 0.5) is 5.13 Å². The molecule has 0 N–H and O–H groups in total. The first-order valence-electron chi connectivity index (χ1n) is 10.8. The molecule has 2 aromatic carbocycles. The predicted molar refractivity (Wildman–Crippen MR) is 133 cm³/mol. The van der Waals surface area contributed by atoms with Crippen LogP contribution in [0.25, 0.3) is 10.2 Å². The van der Waals surface area contributed by atoms with Gasteiger partial charge in [0.15, 0.2) is 11.7 Å². The highest BCUT2D eigenvalue weighted by Gasteiger charge is 2.21. The first-order chi connectivity index (χ1) is 15.1. The van der Waals surface area contributed by atoms with E-state index in [1.54, 1.807) is 16.2 Å². The maximum absolute atomic E-state index is 13.1. The highest BCUT2D eigenvalue weighted by atomic mass is 35.5. The number of thiazole rings is 1. The SMILES string of the molecule is Cc1ccc(OCC(=O)N(CCCN2CCOCC2)c2nc3ccc(C)cc3s2)cc1.Cl. The van der Waals surface area contributed by atoms with Gasteiger partial charge in [0, 0.05) is 26.2 Å². The van der Waals surface area contributed by atoms with Crippen molar-refractivity contribution in [3.63, 3.8) is 0 Å². The summed E-state index contributed by atoms with van der Waals surface area (Å²) < 4.78 is 12.3. The number of fused-ring (bicyclic) bond motifs is 1. The number of carbonyl (C=O) groups excluding carboxylic acids is 1. The second-order valence-electron chi connectivity index (χ2n) is 7.92. The van der Waals surface area contributed by atoms with Crippen LogP contribution in [-0.2, 0) is 9.53 Å². The van der Waals surface area contributed by atoms with Gasteiger partial charge in [0.2, 0.25) is 0 Å². The van der Waals surface area contributed by atoms with Crippen molar-refractivity contribution in [1.29, 1.82) is 0 Å². The van der Waals surface area contributed by atoms with Gasteiger partial charge in [-0.25, -0.2) is 4.98 Å². The topological polar surface area (TPSA) is 54.9 Å². The number of rotatable bonds is 8. The maximum atomic E-state index is 13.1. The van der Waals surface area contributed by atoms with Crippen LogP contribution in [0.3, 0.4) is 0 Å². The van der Waals surface area contributed by atoms with E-state index < -0.39 is 0 Å². The maximum Gasteiger partial charge on any atom is 0.266 e. The summed E-state index contributed by atoms with van der Waals surface area (Å²) in [6.07, 6.45) is 0.880. The van der Waals surface area contributed by atoms with Crippen LogP contribution < -0.4 is 9.64 Å². The number of nitrogens with zero attached hydrogens (tertiary/aromatic N) is 3. The van der Waals surface area contributed by atoms with Gasteiger partial charge in [-0.15, -0.1) is 12.4 Å². The van der Waals surface area contributed by atoms with Crippen LogP contribution in [0.5, 0.6) is 5.75 Å². The number of amides is 1. The molecule has 1 fully saturated rings. The quantitative estimate of drug-likeness (QED) is 0.481. The monoisotopic (exact) mass is 475 g/mol. The van der Waals surface area contributed by atoms with E-state index in [2.05, 4.69) is 24.0 Å². The Bertz CT molecular complexity index is 1020. The van der Waals surface area contributed by atoms with E-state index in [9.17, 15) is 4.79 Å². The lowest BCUT2D eigenvalue weighted by atomic mass is 10.2. The molecule has 8 heteroatoms. The van der Waals surface area contributed by atoms with Gasteiger partial charge in [0.25, 0.3) is 5.91 Å². The van der Waals surface area contributed by atoms with Crippen molar-refractivity contribution in [3.8, 4) is 5.75 Å². The Kier molecular flexibility index (Phi) is 8.87. The molecule has 32 heavy (non-hydrogen) atoms. The lowest BCUT2D eigenvalue weighted by Crippen LogP contribution is -2.40. The lowest BCUT2D eigenvalue weighted by Gasteiger charge is -2.27. The Balaban J connectivity index is 0.00000289. The summed E-state index contributed by atoms with van der Waals surface area (Å²) in [5, 5.41) is 0.736. The molecule has 2 heterocycles. The van der Waals surface area contributed by atoms with Crippen molar-refractivity contribution in [1.82, 2.24) is 9.88 Å². The minimum Gasteiger partial charge on any atom is -0.484 e. The van der Waals surface area contributed by atoms with Gasteiger partial charge in [0.05, 0.1) is 23.4 Å². The Morgan fingerprint density at radius 3 is 2.59 bits per heavy atom. The zero-order chi connectivity index (χ0) is 21.6. The first-order valence-corrected chi connectivity index (χ1v) is 11.6. The molecule has 0 saturated carbocycles. The molecule has 4 rings (SSSR count). The third-order valence-corrected chi connectivity index (χ3v) is 6.45. The Morgan fingerprint density at radius 2 is 1.84 bits per heavy atom. The molecule has 1 aromatic heterocycles. The molecular formula is C24H30ClN3O3S. The number of aromatic nitrogens is 1. The predicted octanol–water partition coefficient (Wildman–Crippen LogP) is 4.47. The van der Waals surface area contributed by atoms with Crippen LogP contribution in [-0.4, -0.2) is 61.8 Å². The van der Waals surface area contributed by atoms with Gasteiger partial charge in [-0.2, -0.15) is 0 Å². The van der Waals surface area contributed by atoms with Crippen LogP contribution in [0.1, 0.15) is 17.5 Å². The van der Waals surface area contributed by atoms with Crippen molar-refractivity contribution in [3.05, 3.63) is 53.6 Å². The second-order valence-corrected chi connectivity index (χ2v) is 8.93. The molecule has 0 aliphatic carbocycles. The Hall–Kier alpha value is -2.19. The van der Waals surface area contributed by atoms with Crippen molar-refractivity contribution in [2.45, 2.75) is 20.3 Å². The van der Waals surface area contributed by atoms with E-state index in [0.717, 1.165) is 60.2 Å². The third-order valence-electron chi connectivity index (χ3n) is 5.41. The van der Waals surface area contributed by atoms with Gasteiger partial charge in [0.1, 0.15) is 5.75 Å². The zero-order valence-corrected chi connectivity index (χ0v) is 20.2. The molecule has 0 bridgehead atoms. The van der Waals surface area contributed by atoms with Gasteiger partial charge in [-0.05, 0) is 50.1 Å². The van der Waals surface area contributed by atoms with E-state index in [1.165, 1.54) is 5.56 Å². The molecule has 0 radical (unpaired) electrons. The normalized spacial score (nSPS) is 14.2. The standard InChI is InChI=1S/C24H29N3O3S.ClH/c1-18-4-7-20(8-5-18)30-17-23(28)27(11-3-10-26-12-14-29-15-13-26)24-25-21-9-6-19(2)16-22(21)31-24;/h4-9,16H,3,10-15,17H2,1-2H3;1H. The molecule has 6 nitrogen and oxygen atoms in total. The number of anilines is 1. The number of benzene rings is 2. The minimum atomic E-state index is -0.0710. The molecule has 0 spiro atoms. The lowest BCUT2D eigenvalue weighted by molar-refractivity contribution is -0.120. The van der Waals surface area contributed by atoms with Crippen LogP contribution in [0.2, 0.25) is 0 Å². The first kappa shape index (κ1) is 24.5. The largest absolute Gasteiger partial charge is 0.484 e. The van der Waals surface area contributed by atoms with Gasteiger partial charge >= 0.3 is 0 Å². The second kappa shape index (κ2) is 11.6. The number of hydrogen-bond donors (Lipinski definition) is 0. The molecule has 0 atom stereocenters. The molecule has 1 saturated heterocycles. The van der Waals surface area contributed by atoms with Crippen molar-refractivity contribution < 1.29 is 14.3 Å². The number of carbonyl (C=O) groups is 1. The summed E-state index contributed by atoms with van der Waals surface area (Å²) in [5.74, 6) is 0.630. The highest BCUT2D eigenvalue weighted by Crippen LogP contribution is 2.30. The summed E-state index contributed by atoms with van der Waals surface area (Å²) in [6, 6.07) is 13.9. The van der Waals surface area contributed by atoms with E-state index >= 15 is 0 Å².